The first-order chi connectivity index (χ1) is 18.1. The lowest BCUT2D eigenvalue weighted by Gasteiger charge is -2.09. The zero-order valence-corrected chi connectivity index (χ0v) is 24.8. The molecule has 0 aliphatic carbocycles. The molecule has 0 amide bonds. The lowest BCUT2D eigenvalue weighted by atomic mass is 10.0. The highest BCUT2D eigenvalue weighted by Gasteiger charge is 2.00. The van der Waals surface area contributed by atoms with Crippen molar-refractivity contribution < 1.29 is 0 Å². The molecule has 0 aliphatic rings. The molecule has 0 spiro atoms. The highest BCUT2D eigenvalue weighted by molar-refractivity contribution is 5.85. The number of rotatable bonds is 8. The lowest BCUT2D eigenvalue weighted by molar-refractivity contribution is 0.825. The minimum atomic E-state index is 0.978. The molecule has 3 aromatic rings. The minimum absolute atomic E-state index is 0.978. The first kappa shape index (κ1) is 32.2. The van der Waals surface area contributed by atoms with Crippen molar-refractivity contribution in [3.8, 4) is 0 Å². The van der Waals surface area contributed by atoms with Gasteiger partial charge in [-0.05, 0) is 80.1 Å². The topological polar surface area (TPSA) is 36.4 Å². The summed E-state index contributed by atoms with van der Waals surface area (Å²) < 4.78 is 0. The SMILES string of the molecule is C=C(C=C(C)C)c1ccccc1C.C=C(NCCC)c1ccc2ccccc2c1.CN=CC(NC)=C(C)C. The van der Waals surface area contributed by atoms with E-state index in [9.17, 15) is 0 Å². The molecule has 3 heteroatoms. The largest absolute Gasteiger partial charge is 0.387 e. The van der Waals surface area contributed by atoms with Crippen molar-refractivity contribution >= 4 is 28.3 Å². The van der Waals surface area contributed by atoms with Gasteiger partial charge >= 0.3 is 0 Å². The summed E-state index contributed by atoms with van der Waals surface area (Å²) in [5.74, 6) is 0. The number of benzene rings is 3. The summed E-state index contributed by atoms with van der Waals surface area (Å²) in [6.45, 7) is 21.6. The van der Waals surface area contributed by atoms with Crippen molar-refractivity contribution in [1.29, 1.82) is 0 Å². The van der Waals surface area contributed by atoms with E-state index >= 15 is 0 Å². The van der Waals surface area contributed by atoms with Gasteiger partial charge in [-0.25, -0.2) is 0 Å². The molecule has 3 rings (SSSR count). The third kappa shape index (κ3) is 11.5. The summed E-state index contributed by atoms with van der Waals surface area (Å²) in [5, 5.41) is 8.89. The van der Waals surface area contributed by atoms with E-state index in [1.165, 1.54) is 38.6 Å². The van der Waals surface area contributed by atoms with E-state index < -0.39 is 0 Å². The summed E-state index contributed by atoms with van der Waals surface area (Å²) in [4.78, 5) is 3.88. The summed E-state index contributed by atoms with van der Waals surface area (Å²) in [7, 11) is 3.66. The second-order valence-corrected chi connectivity index (χ2v) is 9.58. The Balaban J connectivity index is 0.000000298. The third-order valence-corrected chi connectivity index (χ3v) is 5.71. The number of aliphatic imine (C=N–C) groups is 1. The number of hydrogen-bond donors (Lipinski definition) is 2. The van der Waals surface area contributed by atoms with Crippen LogP contribution in [0.2, 0.25) is 0 Å². The Morgan fingerprint density at radius 3 is 2.05 bits per heavy atom. The third-order valence-electron chi connectivity index (χ3n) is 5.71. The Bertz CT molecular complexity index is 1270. The van der Waals surface area contributed by atoms with Crippen LogP contribution in [0.15, 0.2) is 108 Å². The van der Waals surface area contributed by atoms with Crippen LogP contribution in [0.5, 0.6) is 0 Å². The van der Waals surface area contributed by atoms with Crippen LogP contribution in [0.1, 0.15) is 57.7 Å². The van der Waals surface area contributed by atoms with Crippen LogP contribution >= 0.6 is 0 Å². The molecule has 0 radical (unpaired) electrons. The van der Waals surface area contributed by atoms with Gasteiger partial charge in [0.05, 0.1) is 5.70 Å². The van der Waals surface area contributed by atoms with Gasteiger partial charge in [0.1, 0.15) is 0 Å². The Kier molecular flexibility index (Phi) is 14.9. The van der Waals surface area contributed by atoms with Gasteiger partial charge in [-0.1, -0.05) is 98.0 Å². The predicted octanol–water partition coefficient (Wildman–Crippen LogP) is 8.98. The predicted molar refractivity (Wildman–Crippen MR) is 173 cm³/mol. The smallest absolute Gasteiger partial charge is 0.0505 e. The Morgan fingerprint density at radius 1 is 0.895 bits per heavy atom. The zero-order chi connectivity index (χ0) is 28.5. The Labute approximate surface area is 231 Å². The van der Waals surface area contributed by atoms with E-state index in [1.807, 2.05) is 33.2 Å². The molecule has 3 nitrogen and oxygen atoms in total. The molecule has 0 saturated carbocycles. The summed E-state index contributed by atoms with van der Waals surface area (Å²) in [6, 6.07) is 23.1. The van der Waals surface area contributed by atoms with Gasteiger partial charge < -0.3 is 10.6 Å². The van der Waals surface area contributed by atoms with Crippen LogP contribution in [-0.2, 0) is 0 Å². The Hall–Kier alpha value is -3.85. The van der Waals surface area contributed by atoms with Gasteiger partial charge in [0.15, 0.2) is 0 Å². The number of fused-ring (bicyclic) bond motifs is 1. The Morgan fingerprint density at radius 2 is 1.53 bits per heavy atom. The number of nitrogens with zero attached hydrogens (tertiary/aromatic N) is 1. The fourth-order valence-electron chi connectivity index (χ4n) is 3.69. The fourth-order valence-corrected chi connectivity index (χ4v) is 3.69. The molecule has 0 bridgehead atoms. The maximum atomic E-state index is 4.06. The molecule has 0 atom stereocenters. The highest BCUT2D eigenvalue weighted by Crippen LogP contribution is 2.20. The van der Waals surface area contributed by atoms with Crippen LogP contribution in [0.25, 0.3) is 22.0 Å². The maximum Gasteiger partial charge on any atom is 0.0505 e. The van der Waals surface area contributed by atoms with Crippen molar-refractivity contribution in [3.05, 3.63) is 119 Å². The second-order valence-electron chi connectivity index (χ2n) is 9.58. The van der Waals surface area contributed by atoms with Crippen LogP contribution < -0.4 is 10.6 Å². The average molecular weight is 510 g/mol. The molecular weight excluding hydrogens is 462 g/mol. The van der Waals surface area contributed by atoms with E-state index in [1.54, 1.807) is 7.05 Å². The van der Waals surface area contributed by atoms with Crippen LogP contribution in [0.4, 0.5) is 0 Å². The molecule has 0 aromatic heterocycles. The van der Waals surface area contributed by atoms with Crippen LogP contribution in [0, 0.1) is 6.92 Å². The highest BCUT2D eigenvalue weighted by atomic mass is 14.9. The molecule has 0 heterocycles. The van der Waals surface area contributed by atoms with Crippen molar-refractivity contribution in [2.75, 3.05) is 20.6 Å². The molecule has 0 saturated heterocycles. The fraction of sp³-hybridized carbons (Fsp3) is 0.286. The van der Waals surface area contributed by atoms with Crippen molar-refractivity contribution in [2.24, 2.45) is 4.99 Å². The minimum Gasteiger partial charge on any atom is -0.387 e. The van der Waals surface area contributed by atoms with Crippen molar-refractivity contribution in [1.82, 2.24) is 10.6 Å². The van der Waals surface area contributed by atoms with Gasteiger partial charge in [-0.2, -0.15) is 0 Å². The molecule has 0 fully saturated rings. The zero-order valence-electron chi connectivity index (χ0n) is 24.8. The first-order valence-electron chi connectivity index (χ1n) is 13.2. The van der Waals surface area contributed by atoms with E-state index in [0.29, 0.717) is 0 Å². The number of hydrogen-bond acceptors (Lipinski definition) is 3. The van der Waals surface area contributed by atoms with Crippen LogP contribution in [0.3, 0.4) is 0 Å². The van der Waals surface area contributed by atoms with Gasteiger partial charge in [-0.3, -0.25) is 4.99 Å². The number of nitrogens with one attached hydrogen (secondary N) is 2. The summed E-state index contributed by atoms with van der Waals surface area (Å²) >= 11 is 0. The van der Waals surface area contributed by atoms with Gasteiger partial charge in [-0.15, -0.1) is 0 Å². The molecule has 0 aliphatic heterocycles. The van der Waals surface area contributed by atoms with Gasteiger partial charge in [0.25, 0.3) is 0 Å². The summed E-state index contributed by atoms with van der Waals surface area (Å²) in [5.41, 5.74) is 9.43. The van der Waals surface area contributed by atoms with E-state index in [4.69, 9.17) is 0 Å². The number of allylic oxidation sites excluding steroid dienone is 5. The van der Waals surface area contributed by atoms with Gasteiger partial charge in [0, 0.05) is 32.6 Å². The average Bonchev–Trinajstić information content (AvgIpc) is 2.90. The first-order valence-corrected chi connectivity index (χ1v) is 13.2. The molecular formula is C35H47N3. The maximum absolute atomic E-state index is 4.06. The molecule has 0 unspecified atom stereocenters. The number of aryl methyl sites for hydroxylation is 1. The van der Waals surface area contributed by atoms with E-state index in [0.717, 1.165) is 29.9 Å². The molecule has 202 valence electrons. The van der Waals surface area contributed by atoms with E-state index in [2.05, 4.69) is 123 Å². The summed E-state index contributed by atoms with van der Waals surface area (Å²) in [6.07, 6.45) is 5.05. The monoisotopic (exact) mass is 509 g/mol. The van der Waals surface area contributed by atoms with E-state index in [-0.39, 0.29) is 0 Å². The van der Waals surface area contributed by atoms with Crippen molar-refractivity contribution in [3.63, 3.8) is 0 Å². The quantitative estimate of drug-likeness (QED) is 0.235. The molecule has 38 heavy (non-hydrogen) atoms. The van der Waals surface area contributed by atoms with Crippen molar-refractivity contribution in [2.45, 2.75) is 48.0 Å². The van der Waals surface area contributed by atoms with Gasteiger partial charge in [0.2, 0.25) is 0 Å². The second kappa shape index (κ2) is 17.6. The van der Waals surface area contributed by atoms with Crippen LogP contribution in [-0.4, -0.2) is 26.9 Å². The standard InChI is InChI=1S/C15H17N.C13H16.C7H14N2/c1-3-10-16-12(2)14-9-8-13-6-4-5-7-15(13)11-14;1-10(2)9-12(4)13-8-6-5-7-11(13)3;1-6(2)7(9-4)5-8-3/h4-9,11,16H,2-3,10H2,1H3;5-9H,4H2,1-3H3;5,9H,1-4H3. The molecule has 2 N–H and O–H groups in total. The lowest BCUT2D eigenvalue weighted by Crippen LogP contribution is -2.11. The normalized spacial score (nSPS) is 9.89. The molecule has 3 aromatic carbocycles.